The first-order chi connectivity index (χ1) is 6.86. The summed E-state index contributed by atoms with van der Waals surface area (Å²) >= 11 is 0. The molecule has 1 aliphatic carbocycles. The Bertz CT molecular complexity index is 281. The molecule has 14 heavy (non-hydrogen) atoms. The highest BCUT2D eigenvalue weighted by atomic mass is 16.7. The van der Waals surface area contributed by atoms with Gasteiger partial charge >= 0.3 is 0 Å². The summed E-state index contributed by atoms with van der Waals surface area (Å²) in [5, 5.41) is 0. The third-order valence-electron chi connectivity index (χ3n) is 2.38. The average molecular weight is 192 g/mol. The van der Waals surface area contributed by atoms with Crippen molar-refractivity contribution >= 4 is 0 Å². The Labute approximate surface area is 84.9 Å². The van der Waals surface area contributed by atoms with Gasteiger partial charge in [0, 0.05) is 5.57 Å². The van der Waals surface area contributed by atoms with Crippen molar-refractivity contribution in [2.24, 2.45) is 0 Å². The topological polar surface area (TPSA) is 18.5 Å². The molecule has 0 aromatic rings. The van der Waals surface area contributed by atoms with Crippen LogP contribution in [0.2, 0.25) is 0 Å². The predicted molar refractivity (Wildman–Crippen MR) is 55.9 cm³/mol. The summed E-state index contributed by atoms with van der Waals surface area (Å²) in [6, 6.07) is 0. The molecule has 1 heterocycles. The van der Waals surface area contributed by atoms with Gasteiger partial charge in [0.25, 0.3) is 0 Å². The molecule has 0 saturated carbocycles. The first kappa shape index (κ1) is 9.69. The zero-order valence-corrected chi connectivity index (χ0v) is 8.53. The molecule has 0 aromatic heterocycles. The highest BCUT2D eigenvalue weighted by molar-refractivity contribution is 5.34. The van der Waals surface area contributed by atoms with E-state index in [0.717, 1.165) is 31.6 Å². The Morgan fingerprint density at radius 3 is 2.86 bits per heavy atom. The molecule has 1 fully saturated rings. The lowest BCUT2D eigenvalue weighted by Crippen LogP contribution is -2.26. The maximum Gasteiger partial charge on any atom is 0.183 e. The molecule has 1 aliphatic heterocycles. The van der Waals surface area contributed by atoms with Crippen molar-refractivity contribution in [3.8, 4) is 0 Å². The van der Waals surface area contributed by atoms with Crippen LogP contribution in [0.15, 0.2) is 35.5 Å². The SMILES string of the molecule is CC1=CCC=CC(C2OCCCO2)=C1. The molecule has 0 spiro atoms. The highest BCUT2D eigenvalue weighted by Gasteiger charge is 2.17. The summed E-state index contributed by atoms with van der Waals surface area (Å²) in [5.74, 6) is 0. The van der Waals surface area contributed by atoms with E-state index in [1.807, 2.05) is 0 Å². The van der Waals surface area contributed by atoms with Gasteiger partial charge in [-0.1, -0.05) is 29.9 Å². The zero-order chi connectivity index (χ0) is 9.80. The standard InChI is InChI=1S/C12H16O2/c1-10-5-2-3-6-11(9-10)12-13-7-4-8-14-12/h3,5-6,9,12H,2,4,7-8H2,1H3. The maximum absolute atomic E-state index is 5.55. The normalized spacial score (nSPS) is 24.1. The van der Waals surface area contributed by atoms with Gasteiger partial charge in [0.05, 0.1) is 13.2 Å². The molecule has 76 valence electrons. The van der Waals surface area contributed by atoms with Crippen molar-refractivity contribution in [3.63, 3.8) is 0 Å². The quantitative estimate of drug-likeness (QED) is 0.635. The van der Waals surface area contributed by atoms with Crippen molar-refractivity contribution in [1.82, 2.24) is 0 Å². The first-order valence-corrected chi connectivity index (χ1v) is 5.14. The van der Waals surface area contributed by atoms with Gasteiger partial charge in [-0.25, -0.2) is 0 Å². The summed E-state index contributed by atoms with van der Waals surface area (Å²) in [4.78, 5) is 0. The Hall–Kier alpha value is -0.860. The Balaban J connectivity index is 2.11. The van der Waals surface area contributed by atoms with Crippen LogP contribution >= 0.6 is 0 Å². The van der Waals surface area contributed by atoms with Crippen LogP contribution < -0.4 is 0 Å². The minimum Gasteiger partial charge on any atom is -0.348 e. The van der Waals surface area contributed by atoms with Crippen LogP contribution in [0.5, 0.6) is 0 Å². The van der Waals surface area contributed by atoms with Gasteiger partial charge in [0.1, 0.15) is 0 Å². The fourth-order valence-electron chi connectivity index (χ4n) is 1.65. The zero-order valence-electron chi connectivity index (χ0n) is 8.53. The van der Waals surface area contributed by atoms with Gasteiger partial charge in [-0.05, 0) is 19.8 Å². The number of hydrogen-bond acceptors (Lipinski definition) is 2. The highest BCUT2D eigenvalue weighted by Crippen LogP contribution is 2.19. The molecule has 0 bridgehead atoms. The Morgan fingerprint density at radius 2 is 2.07 bits per heavy atom. The van der Waals surface area contributed by atoms with E-state index in [1.165, 1.54) is 5.57 Å². The van der Waals surface area contributed by atoms with E-state index >= 15 is 0 Å². The van der Waals surface area contributed by atoms with Crippen molar-refractivity contribution in [2.45, 2.75) is 26.1 Å². The summed E-state index contributed by atoms with van der Waals surface area (Å²) in [6.45, 7) is 3.72. The fourth-order valence-corrected chi connectivity index (χ4v) is 1.65. The van der Waals surface area contributed by atoms with Crippen LogP contribution in [0.1, 0.15) is 19.8 Å². The third kappa shape index (κ3) is 2.34. The van der Waals surface area contributed by atoms with Crippen molar-refractivity contribution in [2.75, 3.05) is 13.2 Å². The van der Waals surface area contributed by atoms with Gasteiger partial charge in [-0.3, -0.25) is 0 Å². The van der Waals surface area contributed by atoms with Crippen LogP contribution in [0.25, 0.3) is 0 Å². The summed E-state index contributed by atoms with van der Waals surface area (Å²) in [5.41, 5.74) is 2.42. The van der Waals surface area contributed by atoms with Gasteiger partial charge in [0.15, 0.2) is 6.29 Å². The second-order valence-electron chi connectivity index (χ2n) is 3.66. The molecule has 1 saturated heterocycles. The monoisotopic (exact) mass is 192 g/mol. The number of rotatable bonds is 1. The van der Waals surface area contributed by atoms with Crippen molar-refractivity contribution in [1.29, 1.82) is 0 Å². The third-order valence-corrected chi connectivity index (χ3v) is 2.38. The number of allylic oxidation sites excluding steroid dienone is 4. The molecule has 2 rings (SSSR count). The van der Waals surface area contributed by atoms with Crippen LogP contribution in [0, 0.1) is 0 Å². The molecule has 0 aromatic carbocycles. The van der Waals surface area contributed by atoms with Gasteiger partial charge in [0.2, 0.25) is 0 Å². The largest absolute Gasteiger partial charge is 0.348 e. The maximum atomic E-state index is 5.55. The molecule has 2 heteroatoms. The van der Waals surface area contributed by atoms with Gasteiger partial charge in [-0.2, -0.15) is 0 Å². The molecule has 0 radical (unpaired) electrons. The van der Waals surface area contributed by atoms with Crippen LogP contribution in [0.4, 0.5) is 0 Å². The molecule has 2 aliphatic rings. The van der Waals surface area contributed by atoms with Crippen LogP contribution in [0.3, 0.4) is 0 Å². The summed E-state index contributed by atoms with van der Waals surface area (Å²) < 4.78 is 11.1. The van der Waals surface area contributed by atoms with Crippen LogP contribution in [-0.4, -0.2) is 19.5 Å². The van der Waals surface area contributed by atoms with E-state index < -0.39 is 0 Å². The second-order valence-corrected chi connectivity index (χ2v) is 3.66. The second kappa shape index (κ2) is 4.58. The lowest BCUT2D eigenvalue weighted by atomic mass is 10.1. The fraction of sp³-hybridized carbons (Fsp3) is 0.500. The smallest absolute Gasteiger partial charge is 0.183 e. The molecule has 0 amide bonds. The molecular weight excluding hydrogens is 176 g/mol. The molecule has 0 unspecified atom stereocenters. The number of ether oxygens (including phenoxy) is 2. The predicted octanol–water partition coefficient (Wildman–Crippen LogP) is 2.58. The first-order valence-electron chi connectivity index (χ1n) is 5.14. The Kier molecular flexibility index (Phi) is 3.17. The lowest BCUT2D eigenvalue weighted by Gasteiger charge is -2.24. The number of hydrogen-bond donors (Lipinski definition) is 0. The molecular formula is C12H16O2. The van der Waals surface area contributed by atoms with E-state index in [2.05, 4.69) is 31.2 Å². The average Bonchev–Trinajstić information content (AvgIpc) is 2.44. The van der Waals surface area contributed by atoms with Crippen LogP contribution in [-0.2, 0) is 9.47 Å². The van der Waals surface area contributed by atoms with Gasteiger partial charge in [-0.15, -0.1) is 0 Å². The van der Waals surface area contributed by atoms with Gasteiger partial charge < -0.3 is 9.47 Å². The van der Waals surface area contributed by atoms with E-state index in [1.54, 1.807) is 0 Å². The molecule has 2 nitrogen and oxygen atoms in total. The van der Waals surface area contributed by atoms with E-state index in [4.69, 9.17) is 9.47 Å². The van der Waals surface area contributed by atoms with E-state index in [9.17, 15) is 0 Å². The minimum atomic E-state index is -0.151. The minimum absolute atomic E-state index is 0.151. The van der Waals surface area contributed by atoms with Crippen molar-refractivity contribution < 1.29 is 9.47 Å². The summed E-state index contributed by atoms with van der Waals surface area (Å²) in [6.07, 6.45) is 10.4. The van der Waals surface area contributed by atoms with E-state index in [0.29, 0.717) is 0 Å². The summed E-state index contributed by atoms with van der Waals surface area (Å²) in [7, 11) is 0. The van der Waals surface area contributed by atoms with E-state index in [-0.39, 0.29) is 6.29 Å². The Morgan fingerprint density at radius 1 is 1.29 bits per heavy atom. The molecule has 0 atom stereocenters. The molecule has 0 N–H and O–H groups in total. The lowest BCUT2D eigenvalue weighted by molar-refractivity contribution is -0.154. The van der Waals surface area contributed by atoms with Crippen molar-refractivity contribution in [3.05, 3.63) is 35.5 Å².